The zero-order valence-corrected chi connectivity index (χ0v) is 15.7. The summed E-state index contributed by atoms with van der Waals surface area (Å²) in [5, 5.41) is 5.18. The molecule has 26 heavy (non-hydrogen) atoms. The maximum absolute atomic E-state index is 12.1. The van der Waals surface area contributed by atoms with Gasteiger partial charge in [-0.15, -0.1) is 0 Å². The highest BCUT2D eigenvalue weighted by atomic mass is 16.5. The van der Waals surface area contributed by atoms with Crippen molar-refractivity contribution >= 4 is 23.4 Å². The Kier molecular flexibility index (Phi) is 9.14. The summed E-state index contributed by atoms with van der Waals surface area (Å²) < 4.78 is 10.0. The van der Waals surface area contributed by atoms with Gasteiger partial charge in [-0.25, -0.2) is 0 Å². The van der Waals surface area contributed by atoms with E-state index in [1.807, 2.05) is 0 Å². The summed E-state index contributed by atoms with van der Waals surface area (Å²) >= 11 is 0. The molecule has 0 fully saturated rings. The SMILES string of the molecule is COCCN(CC(=O)NCC(=O)Nc1ccc(OC)cc1)C(=O)C(C)C. The first-order valence-corrected chi connectivity index (χ1v) is 8.35. The van der Waals surface area contributed by atoms with E-state index in [1.54, 1.807) is 45.2 Å². The number of amides is 3. The summed E-state index contributed by atoms with van der Waals surface area (Å²) in [6, 6.07) is 6.84. The zero-order valence-electron chi connectivity index (χ0n) is 15.7. The number of nitrogens with zero attached hydrogens (tertiary/aromatic N) is 1. The molecule has 8 heteroatoms. The van der Waals surface area contributed by atoms with Gasteiger partial charge in [-0.1, -0.05) is 13.8 Å². The van der Waals surface area contributed by atoms with Crippen molar-refractivity contribution < 1.29 is 23.9 Å². The summed E-state index contributed by atoms with van der Waals surface area (Å²) in [6.07, 6.45) is 0. The quantitative estimate of drug-likeness (QED) is 0.642. The van der Waals surface area contributed by atoms with Crippen molar-refractivity contribution in [3.8, 4) is 5.75 Å². The van der Waals surface area contributed by atoms with Gasteiger partial charge >= 0.3 is 0 Å². The number of hydrogen-bond acceptors (Lipinski definition) is 5. The molecule has 0 aliphatic carbocycles. The predicted octanol–water partition coefficient (Wildman–Crippen LogP) is 0.881. The second-order valence-electron chi connectivity index (χ2n) is 5.96. The average molecular weight is 365 g/mol. The highest BCUT2D eigenvalue weighted by Gasteiger charge is 2.19. The van der Waals surface area contributed by atoms with Gasteiger partial charge in [-0.3, -0.25) is 14.4 Å². The third-order valence-electron chi connectivity index (χ3n) is 3.53. The molecule has 0 bridgehead atoms. The topological polar surface area (TPSA) is 97.0 Å². The molecule has 1 aromatic carbocycles. The maximum Gasteiger partial charge on any atom is 0.243 e. The molecule has 0 unspecified atom stereocenters. The molecule has 2 N–H and O–H groups in total. The van der Waals surface area contributed by atoms with Crippen LogP contribution in [-0.2, 0) is 19.1 Å². The van der Waals surface area contributed by atoms with E-state index in [2.05, 4.69) is 10.6 Å². The molecule has 0 radical (unpaired) electrons. The van der Waals surface area contributed by atoms with Crippen molar-refractivity contribution in [2.45, 2.75) is 13.8 Å². The van der Waals surface area contributed by atoms with Crippen molar-refractivity contribution in [1.82, 2.24) is 10.2 Å². The Morgan fingerprint density at radius 1 is 1.08 bits per heavy atom. The number of carbonyl (C=O) groups is 3. The third kappa shape index (κ3) is 7.52. The number of anilines is 1. The summed E-state index contributed by atoms with van der Waals surface area (Å²) in [4.78, 5) is 37.5. The second-order valence-corrected chi connectivity index (χ2v) is 5.96. The smallest absolute Gasteiger partial charge is 0.243 e. The number of hydrogen-bond donors (Lipinski definition) is 2. The maximum atomic E-state index is 12.1. The van der Waals surface area contributed by atoms with Crippen LogP contribution in [0.1, 0.15) is 13.8 Å². The van der Waals surface area contributed by atoms with Crippen molar-refractivity contribution in [3.05, 3.63) is 24.3 Å². The number of benzene rings is 1. The Hall–Kier alpha value is -2.61. The fourth-order valence-corrected chi connectivity index (χ4v) is 2.12. The fraction of sp³-hybridized carbons (Fsp3) is 0.500. The monoisotopic (exact) mass is 365 g/mol. The standard InChI is InChI=1S/C18H27N3O5/c1-13(2)18(24)21(9-10-25-3)12-17(23)19-11-16(22)20-14-5-7-15(26-4)8-6-14/h5-8,13H,9-12H2,1-4H3,(H,19,23)(H,20,22). The van der Waals surface area contributed by atoms with Crippen LogP contribution < -0.4 is 15.4 Å². The van der Waals surface area contributed by atoms with Gasteiger partial charge in [-0.05, 0) is 24.3 Å². The summed E-state index contributed by atoms with van der Waals surface area (Å²) in [5.74, 6) is -0.442. The van der Waals surface area contributed by atoms with Crippen LogP contribution >= 0.6 is 0 Å². The van der Waals surface area contributed by atoms with E-state index < -0.39 is 5.91 Å². The Labute approximate surface area is 153 Å². The van der Waals surface area contributed by atoms with Gasteiger partial charge < -0.3 is 25.0 Å². The van der Waals surface area contributed by atoms with Crippen LogP contribution in [0.5, 0.6) is 5.75 Å². The van der Waals surface area contributed by atoms with Crippen molar-refractivity contribution in [1.29, 1.82) is 0 Å². The number of methoxy groups -OCH3 is 2. The third-order valence-corrected chi connectivity index (χ3v) is 3.53. The Balaban J connectivity index is 2.46. The van der Waals surface area contributed by atoms with Gasteiger partial charge in [0.15, 0.2) is 0 Å². The molecule has 0 aliphatic heterocycles. The van der Waals surface area contributed by atoms with E-state index in [-0.39, 0.29) is 30.8 Å². The highest BCUT2D eigenvalue weighted by Crippen LogP contribution is 2.14. The molecule has 0 aromatic heterocycles. The Morgan fingerprint density at radius 3 is 2.27 bits per heavy atom. The summed E-state index contributed by atoms with van der Waals surface area (Å²) in [5.41, 5.74) is 0.599. The summed E-state index contributed by atoms with van der Waals surface area (Å²) in [7, 11) is 3.09. The van der Waals surface area contributed by atoms with E-state index in [4.69, 9.17) is 9.47 Å². The normalized spacial score (nSPS) is 10.3. The van der Waals surface area contributed by atoms with Gasteiger partial charge in [0.05, 0.1) is 26.8 Å². The van der Waals surface area contributed by atoms with Gasteiger partial charge in [-0.2, -0.15) is 0 Å². The van der Waals surface area contributed by atoms with E-state index in [0.717, 1.165) is 0 Å². The van der Waals surface area contributed by atoms with Gasteiger partial charge in [0.2, 0.25) is 17.7 Å². The molecule has 0 saturated heterocycles. The predicted molar refractivity (Wildman–Crippen MR) is 97.9 cm³/mol. The molecular formula is C18H27N3O5. The van der Waals surface area contributed by atoms with Crippen LogP contribution in [-0.4, -0.2) is 63.1 Å². The number of nitrogens with one attached hydrogen (secondary N) is 2. The molecule has 0 saturated carbocycles. The Bertz CT molecular complexity index is 601. The van der Waals surface area contributed by atoms with Crippen LogP contribution in [0.15, 0.2) is 24.3 Å². The number of ether oxygens (including phenoxy) is 2. The molecule has 0 aliphatic rings. The first-order chi connectivity index (χ1) is 12.4. The largest absolute Gasteiger partial charge is 0.497 e. The van der Waals surface area contributed by atoms with Crippen molar-refractivity contribution in [2.75, 3.05) is 45.8 Å². The van der Waals surface area contributed by atoms with Gasteiger partial charge in [0.25, 0.3) is 0 Å². The Morgan fingerprint density at radius 2 is 1.73 bits per heavy atom. The van der Waals surface area contributed by atoms with Crippen LogP contribution in [0.2, 0.25) is 0 Å². The molecule has 0 atom stereocenters. The fourth-order valence-electron chi connectivity index (χ4n) is 2.12. The van der Waals surface area contributed by atoms with Crippen LogP contribution in [0.4, 0.5) is 5.69 Å². The van der Waals surface area contributed by atoms with E-state index in [9.17, 15) is 14.4 Å². The van der Waals surface area contributed by atoms with Gasteiger partial charge in [0, 0.05) is 25.3 Å². The molecule has 144 valence electrons. The van der Waals surface area contributed by atoms with Crippen LogP contribution in [0.25, 0.3) is 0 Å². The van der Waals surface area contributed by atoms with E-state index >= 15 is 0 Å². The molecule has 3 amide bonds. The lowest BCUT2D eigenvalue weighted by Crippen LogP contribution is -2.45. The van der Waals surface area contributed by atoms with E-state index in [1.165, 1.54) is 12.0 Å². The lowest BCUT2D eigenvalue weighted by molar-refractivity contribution is -0.139. The molecule has 1 aromatic rings. The minimum atomic E-state index is -0.403. The highest BCUT2D eigenvalue weighted by molar-refractivity contribution is 5.95. The number of carbonyl (C=O) groups excluding carboxylic acids is 3. The summed E-state index contributed by atoms with van der Waals surface area (Å²) in [6.45, 7) is 3.89. The lowest BCUT2D eigenvalue weighted by atomic mass is 10.2. The molecule has 1 rings (SSSR count). The first kappa shape index (κ1) is 21.4. The average Bonchev–Trinajstić information content (AvgIpc) is 2.63. The minimum Gasteiger partial charge on any atom is -0.497 e. The molecular weight excluding hydrogens is 338 g/mol. The van der Waals surface area contributed by atoms with E-state index in [0.29, 0.717) is 24.6 Å². The minimum absolute atomic E-state index is 0.115. The second kappa shape index (κ2) is 11.1. The van der Waals surface area contributed by atoms with Crippen LogP contribution in [0.3, 0.4) is 0 Å². The first-order valence-electron chi connectivity index (χ1n) is 8.35. The van der Waals surface area contributed by atoms with Gasteiger partial charge in [0.1, 0.15) is 5.75 Å². The lowest BCUT2D eigenvalue weighted by Gasteiger charge is -2.23. The van der Waals surface area contributed by atoms with Crippen molar-refractivity contribution in [3.63, 3.8) is 0 Å². The molecule has 0 spiro atoms. The van der Waals surface area contributed by atoms with Crippen molar-refractivity contribution in [2.24, 2.45) is 5.92 Å². The molecule has 8 nitrogen and oxygen atoms in total. The van der Waals surface area contributed by atoms with Crippen LogP contribution in [0, 0.1) is 5.92 Å². The molecule has 0 heterocycles. The zero-order chi connectivity index (χ0) is 19.5. The number of rotatable bonds is 10.